The molecule has 0 saturated carbocycles. The normalized spacial score (nSPS) is 23.3. The highest BCUT2D eigenvalue weighted by Gasteiger charge is 2.36. The van der Waals surface area contributed by atoms with Gasteiger partial charge in [0.1, 0.15) is 0 Å². The van der Waals surface area contributed by atoms with Crippen molar-refractivity contribution in [2.24, 2.45) is 11.7 Å². The van der Waals surface area contributed by atoms with Gasteiger partial charge in [0.2, 0.25) is 5.91 Å². The first-order valence-electron chi connectivity index (χ1n) is 5.44. The Kier molecular flexibility index (Phi) is 3.20. The highest BCUT2D eigenvalue weighted by atomic mass is 16.2. The molecule has 1 fully saturated rings. The van der Waals surface area contributed by atoms with Gasteiger partial charge in [-0.15, -0.1) is 0 Å². The highest BCUT2D eigenvalue weighted by Crippen LogP contribution is 2.25. The second-order valence-electron chi connectivity index (χ2n) is 5.17. The minimum Gasteiger partial charge on any atom is -0.338 e. The molecule has 2 N–H and O–H groups in total. The summed E-state index contributed by atoms with van der Waals surface area (Å²) in [7, 11) is 0. The van der Waals surface area contributed by atoms with Crippen LogP contribution in [0.15, 0.2) is 0 Å². The lowest BCUT2D eigenvalue weighted by molar-refractivity contribution is -0.137. The summed E-state index contributed by atoms with van der Waals surface area (Å²) < 4.78 is 0. The van der Waals surface area contributed by atoms with Crippen molar-refractivity contribution >= 4 is 5.91 Å². The number of carbonyl (C=O) groups excluding carboxylic acids is 1. The summed E-state index contributed by atoms with van der Waals surface area (Å²) in [6, 6.07) is 0.394. The third kappa shape index (κ3) is 2.27. The molecule has 1 aliphatic rings. The zero-order valence-corrected chi connectivity index (χ0v) is 9.71. The van der Waals surface area contributed by atoms with Crippen LogP contribution in [0.25, 0.3) is 0 Å². The van der Waals surface area contributed by atoms with Crippen LogP contribution in [0.5, 0.6) is 0 Å². The van der Waals surface area contributed by atoms with Crippen molar-refractivity contribution in [3.05, 3.63) is 0 Å². The molecule has 1 aliphatic heterocycles. The summed E-state index contributed by atoms with van der Waals surface area (Å²) in [5.74, 6) is 0.623. The van der Waals surface area contributed by atoms with Crippen LogP contribution in [-0.4, -0.2) is 28.9 Å². The van der Waals surface area contributed by atoms with E-state index in [9.17, 15) is 4.79 Å². The monoisotopic (exact) mass is 198 g/mol. The molecule has 0 aromatic rings. The van der Waals surface area contributed by atoms with Crippen molar-refractivity contribution in [2.45, 2.75) is 52.1 Å². The van der Waals surface area contributed by atoms with Gasteiger partial charge in [-0.1, -0.05) is 13.8 Å². The predicted molar refractivity (Wildman–Crippen MR) is 57.8 cm³/mol. The maximum atomic E-state index is 12.0. The standard InChI is InChI=1S/C11H22N2O/c1-8(2)9-6-5-7-13(9)10(14)11(3,4)12/h8-9H,5-7,12H2,1-4H3. The minimum atomic E-state index is -0.725. The number of rotatable bonds is 2. The molecular weight excluding hydrogens is 176 g/mol. The summed E-state index contributed by atoms with van der Waals surface area (Å²) in [5.41, 5.74) is 5.11. The van der Waals surface area contributed by atoms with E-state index in [2.05, 4.69) is 13.8 Å². The van der Waals surface area contributed by atoms with Gasteiger partial charge in [0.15, 0.2) is 0 Å². The Labute approximate surface area is 86.6 Å². The van der Waals surface area contributed by atoms with Gasteiger partial charge in [0.05, 0.1) is 5.54 Å². The van der Waals surface area contributed by atoms with Crippen molar-refractivity contribution < 1.29 is 4.79 Å². The predicted octanol–water partition coefficient (Wildman–Crippen LogP) is 1.37. The molecule has 0 radical (unpaired) electrons. The van der Waals surface area contributed by atoms with E-state index in [-0.39, 0.29) is 5.91 Å². The molecule has 1 heterocycles. The molecule has 14 heavy (non-hydrogen) atoms. The number of carbonyl (C=O) groups is 1. The summed E-state index contributed by atoms with van der Waals surface area (Å²) in [6.45, 7) is 8.78. The van der Waals surface area contributed by atoms with Gasteiger partial charge in [0, 0.05) is 12.6 Å². The molecule has 0 aliphatic carbocycles. The Morgan fingerprint density at radius 2 is 2.07 bits per heavy atom. The maximum Gasteiger partial charge on any atom is 0.242 e. The Bertz CT molecular complexity index is 218. The van der Waals surface area contributed by atoms with Gasteiger partial charge in [-0.3, -0.25) is 4.79 Å². The van der Waals surface area contributed by atoms with Crippen LogP contribution in [0, 0.1) is 5.92 Å². The van der Waals surface area contributed by atoms with Gasteiger partial charge in [-0.25, -0.2) is 0 Å². The van der Waals surface area contributed by atoms with Gasteiger partial charge >= 0.3 is 0 Å². The second-order valence-corrected chi connectivity index (χ2v) is 5.17. The van der Waals surface area contributed by atoms with Crippen molar-refractivity contribution in [3.63, 3.8) is 0 Å². The topological polar surface area (TPSA) is 46.3 Å². The first kappa shape index (κ1) is 11.5. The molecule has 0 bridgehead atoms. The fourth-order valence-electron chi connectivity index (χ4n) is 2.11. The Morgan fingerprint density at radius 1 is 1.50 bits per heavy atom. The van der Waals surface area contributed by atoms with Crippen LogP contribution in [0.2, 0.25) is 0 Å². The lowest BCUT2D eigenvalue weighted by Crippen LogP contribution is -2.53. The second kappa shape index (κ2) is 3.89. The molecular formula is C11H22N2O. The third-order valence-corrected chi connectivity index (χ3v) is 2.88. The Hall–Kier alpha value is -0.570. The van der Waals surface area contributed by atoms with E-state index in [0.29, 0.717) is 12.0 Å². The quantitative estimate of drug-likeness (QED) is 0.728. The summed E-state index contributed by atoms with van der Waals surface area (Å²) in [5, 5.41) is 0. The van der Waals surface area contributed by atoms with Crippen LogP contribution in [-0.2, 0) is 4.79 Å². The molecule has 1 atom stereocenters. The van der Waals surface area contributed by atoms with Crippen LogP contribution in [0.1, 0.15) is 40.5 Å². The van der Waals surface area contributed by atoms with Crippen LogP contribution < -0.4 is 5.73 Å². The molecule has 82 valence electrons. The fraction of sp³-hybridized carbons (Fsp3) is 0.909. The van der Waals surface area contributed by atoms with Crippen LogP contribution >= 0.6 is 0 Å². The van der Waals surface area contributed by atoms with Crippen molar-refractivity contribution in [1.82, 2.24) is 4.90 Å². The van der Waals surface area contributed by atoms with Crippen molar-refractivity contribution in [1.29, 1.82) is 0 Å². The summed E-state index contributed by atoms with van der Waals surface area (Å²) in [6.07, 6.45) is 2.24. The van der Waals surface area contributed by atoms with E-state index in [0.717, 1.165) is 19.4 Å². The largest absolute Gasteiger partial charge is 0.338 e. The molecule has 1 rings (SSSR count). The molecule has 0 spiro atoms. The van der Waals surface area contributed by atoms with Gasteiger partial charge in [-0.05, 0) is 32.6 Å². The molecule has 3 nitrogen and oxygen atoms in total. The third-order valence-electron chi connectivity index (χ3n) is 2.88. The van der Waals surface area contributed by atoms with Crippen molar-refractivity contribution in [2.75, 3.05) is 6.54 Å². The van der Waals surface area contributed by atoms with Gasteiger partial charge in [0.25, 0.3) is 0 Å². The molecule has 0 aromatic carbocycles. The van der Waals surface area contributed by atoms with Crippen LogP contribution in [0.4, 0.5) is 0 Å². The average molecular weight is 198 g/mol. The number of hydrogen-bond donors (Lipinski definition) is 1. The maximum absolute atomic E-state index is 12.0. The number of hydrogen-bond acceptors (Lipinski definition) is 2. The number of likely N-dealkylation sites (tertiary alicyclic amines) is 1. The zero-order valence-electron chi connectivity index (χ0n) is 9.71. The smallest absolute Gasteiger partial charge is 0.242 e. The SMILES string of the molecule is CC(C)C1CCCN1C(=O)C(C)(C)N. The van der Waals surface area contributed by atoms with E-state index in [1.165, 1.54) is 0 Å². The Balaban J connectivity index is 2.72. The van der Waals surface area contributed by atoms with Crippen molar-refractivity contribution in [3.8, 4) is 0 Å². The highest BCUT2D eigenvalue weighted by molar-refractivity contribution is 5.85. The summed E-state index contributed by atoms with van der Waals surface area (Å²) in [4.78, 5) is 13.9. The molecule has 1 unspecified atom stereocenters. The first-order chi connectivity index (χ1) is 6.34. The number of nitrogens with two attached hydrogens (primary N) is 1. The van der Waals surface area contributed by atoms with Gasteiger partial charge < -0.3 is 10.6 Å². The van der Waals surface area contributed by atoms with E-state index in [4.69, 9.17) is 5.73 Å². The zero-order chi connectivity index (χ0) is 10.9. The van der Waals surface area contributed by atoms with Gasteiger partial charge in [-0.2, -0.15) is 0 Å². The fourth-order valence-corrected chi connectivity index (χ4v) is 2.11. The molecule has 0 aromatic heterocycles. The minimum absolute atomic E-state index is 0.0914. The Morgan fingerprint density at radius 3 is 2.50 bits per heavy atom. The number of amides is 1. The van der Waals surface area contributed by atoms with E-state index >= 15 is 0 Å². The first-order valence-corrected chi connectivity index (χ1v) is 5.44. The lowest BCUT2D eigenvalue weighted by Gasteiger charge is -2.32. The van der Waals surface area contributed by atoms with E-state index in [1.54, 1.807) is 13.8 Å². The number of nitrogens with zero attached hydrogens (tertiary/aromatic N) is 1. The lowest BCUT2D eigenvalue weighted by atomic mass is 9.99. The van der Waals surface area contributed by atoms with E-state index < -0.39 is 5.54 Å². The van der Waals surface area contributed by atoms with Crippen LogP contribution in [0.3, 0.4) is 0 Å². The van der Waals surface area contributed by atoms with E-state index in [1.807, 2.05) is 4.90 Å². The molecule has 3 heteroatoms. The summed E-state index contributed by atoms with van der Waals surface area (Å²) >= 11 is 0. The molecule has 1 saturated heterocycles. The average Bonchev–Trinajstić information content (AvgIpc) is 2.48. The molecule has 1 amide bonds.